The Kier molecular flexibility index (Phi) is 5.97. The van der Waals surface area contributed by atoms with Gasteiger partial charge in [-0.15, -0.1) is 0 Å². The molecule has 0 aliphatic heterocycles. The van der Waals surface area contributed by atoms with E-state index in [0.717, 1.165) is 11.1 Å². The van der Waals surface area contributed by atoms with Crippen LogP contribution in [0.25, 0.3) is 11.0 Å². The van der Waals surface area contributed by atoms with Crippen molar-refractivity contribution in [3.8, 4) is 5.75 Å². The summed E-state index contributed by atoms with van der Waals surface area (Å²) in [6.45, 7) is 3.65. The van der Waals surface area contributed by atoms with E-state index in [9.17, 15) is 13.2 Å². The Hall–Kier alpha value is -3.98. The molecule has 4 aromatic rings. The number of nitrogens with zero attached hydrogens (tertiary/aromatic N) is 2. The minimum Gasteiger partial charge on any atom is -0.495 e. The molecule has 0 atom stereocenters. The second-order valence-electron chi connectivity index (χ2n) is 7.45. The number of ether oxygens (including phenoxy) is 1. The normalized spacial score (nSPS) is 11.2. The molecule has 1 heterocycles. The monoisotopic (exact) mass is 462 g/mol. The van der Waals surface area contributed by atoms with Gasteiger partial charge in [0.1, 0.15) is 10.6 Å². The molecule has 8 nitrogen and oxygen atoms in total. The molecule has 4 rings (SSSR count). The highest BCUT2D eigenvalue weighted by molar-refractivity contribution is 7.92. The molecule has 0 spiro atoms. The van der Waals surface area contributed by atoms with Crippen molar-refractivity contribution in [2.75, 3.05) is 17.1 Å². The number of carbonyl (C=O) groups is 1. The molecule has 1 aromatic heterocycles. The van der Waals surface area contributed by atoms with E-state index < -0.39 is 15.9 Å². The fraction of sp³-hybridized carbons (Fsp3) is 0.125. The highest BCUT2D eigenvalue weighted by Gasteiger charge is 2.22. The van der Waals surface area contributed by atoms with Gasteiger partial charge in [-0.1, -0.05) is 18.2 Å². The fourth-order valence-corrected chi connectivity index (χ4v) is 4.84. The summed E-state index contributed by atoms with van der Waals surface area (Å²) in [6.07, 6.45) is 3.13. The van der Waals surface area contributed by atoms with E-state index >= 15 is 0 Å². The maximum Gasteiger partial charge on any atom is 0.265 e. The zero-order chi connectivity index (χ0) is 23.6. The number of anilines is 2. The van der Waals surface area contributed by atoms with Gasteiger partial charge in [0.05, 0.1) is 23.8 Å². The lowest BCUT2D eigenvalue weighted by molar-refractivity contribution is 0.102. The first-order valence-electron chi connectivity index (χ1n) is 10.1. The van der Waals surface area contributed by atoms with E-state index in [4.69, 9.17) is 4.74 Å². The number of para-hydroxylation sites is 1. The average molecular weight is 463 g/mol. The number of carbonyl (C=O) groups excluding carboxylic acids is 1. The summed E-state index contributed by atoms with van der Waals surface area (Å²) in [7, 11) is -2.61. The standard InChI is InChI=1S/C24H22N4O4S/c1-15-5-4-6-16(2)23(15)28-33(30,31)22-14-18(8-10-21(22)32-3)27-24(29)17-7-9-19-20(13-17)26-12-11-25-19/h4-14,28H,1-3H3,(H,27,29). The van der Waals surface area contributed by atoms with Crippen molar-refractivity contribution in [1.29, 1.82) is 0 Å². The van der Waals surface area contributed by atoms with Crippen LogP contribution in [0.5, 0.6) is 5.75 Å². The number of aryl methyl sites for hydroxylation is 2. The van der Waals surface area contributed by atoms with Crippen LogP contribution in [0.15, 0.2) is 71.9 Å². The Morgan fingerprint density at radius 1 is 0.909 bits per heavy atom. The van der Waals surface area contributed by atoms with Crippen LogP contribution in [0.2, 0.25) is 0 Å². The fourth-order valence-electron chi connectivity index (χ4n) is 3.44. The molecule has 0 saturated carbocycles. The van der Waals surface area contributed by atoms with E-state index in [-0.39, 0.29) is 10.6 Å². The third-order valence-corrected chi connectivity index (χ3v) is 6.53. The van der Waals surface area contributed by atoms with Crippen LogP contribution < -0.4 is 14.8 Å². The largest absolute Gasteiger partial charge is 0.495 e. The first kappa shape index (κ1) is 22.2. The minimum atomic E-state index is -4.00. The maximum absolute atomic E-state index is 13.2. The molecule has 2 N–H and O–H groups in total. The number of rotatable bonds is 6. The molecule has 0 saturated heterocycles. The molecule has 168 valence electrons. The van der Waals surface area contributed by atoms with Gasteiger partial charge < -0.3 is 10.1 Å². The quantitative estimate of drug-likeness (QED) is 0.442. The molecule has 0 radical (unpaired) electrons. The van der Waals surface area contributed by atoms with Crippen LogP contribution in [0, 0.1) is 13.8 Å². The van der Waals surface area contributed by atoms with Gasteiger partial charge in [-0.2, -0.15) is 0 Å². The minimum absolute atomic E-state index is 0.0881. The summed E-state index contributed by atoms with van der Waals surface area (Å²) in [5.41, 5.74) is 4.03. The maximum atomic E-state index is 13.2. The average Bonchev–Trinajstić information content (AvgIpc) is 2.81. The molecule has 1 amide bonds. The van der Waals surface area contributed by atoms with Gasteiger partial charge in [0.2, 0.25) is 0 Å². The second kappa shape index (κ2) is 8.87. The Labute approximate surface area is 191 Å². The van der Waals surface area contributed by atoms with Crippen molar-refractivity contribution >= 4 is 38.3 Å². The van der Waals surface area contributed by atoms with E-state index in [2.05, 4.69) is 20.0 Å². The number of nitrogens with one attached hydrogen (secondary N) is 2. The molecule has 0 aliphatic carbocycles. The lowest BCUT2D eigenvalue weighted by Gasteiger charge is -2.16. The summed E-state index contributed by atoms with van der Waals surface area (Å²) in [5, 5.41) is 2.74. The van der Waals surface area contributed by atoms with Crippen molar-refractivity contribution < 1.29 is 17.9 Å². The highest BCUT2D eigenvalue weighted by Crippen LogP contribution is 2.31. The Morgan fingerprint density at radius 3 is 2.30 bits per heavy atom. The number of benzene rings is 3. The highest BCUT2D eigenvalue weighted by atomic mass is 32.2. The van der Waals surface area contributed by atoms with Gasteiger partial charge in [0.15, 0.2) is 0 Å². The summed E-state index contributed by atoms with van der Waals surface area (Å²) in [4.78, 5) is 21.1. The Morgan fingerprint density at radius 2 is 1.61 bits per heavy atom. The first-order chi connectivity index (χ1) is 15.8. The smallest absolute Gasteiger partial charge is 0.265 e. The van der Waals surface area contributed by atoms with Crippen LogP contribution >= 0.6 is 0 Å². The Bertz CT molecular complexity index is 1450. The van der Waals surface area contributed by atoms with Gasteiger partial charge in [-0.05, 0) is 61.4 Å². The molecule has 0 aliphatic rings. The molecular weight excluding hydrogens is 440 g/mol. The lowest BCUT2D eigenvalue weighted by atomic mass is 10.1. The third kappa shape index (κ3) is 4.63. The van der Waals surface area contributed by atoms with Crippen LogP contribution in [0.3, 0.4) is 0 Å². The van der Waals surface area contributed by atoms with Gasteiger partial charge in [-0.3, -0.25) is 19.5 Å². The van der Waals surface area contributed by atoms with Crippen LogP contribution in [-0.4, -0.2) is 31.4 Å². The van der Waals surface area contributed by atoms with E-state index in [0.29, 0.717) is 28.0 Å². The molecule has 0 unspecified atom stereocenters. The van der Waals surface area contributed by atoms with Gasteiger partial charge >= 0.3 is 0 Å². The summed E-state index contributed by atoms with van der Waals surface area (Å²) in [6, 6.07) is 14.9. The van der Waals surface area contributed by atoms with Crippen LogP contribution in [-0.2, 0) is 10.0 Å². The number of sulfonamides is 1. The first-order valence-corrected chi connectivity index (χ1v) is 11.6. The molecule has 33 heavy (non-hydrogen) atoms. The van der Waals surface area contributed by atoms with E-state index in [1.54, 1.807) is 36.7 Å². The van der Waals surface area contributed by atoms with Gasteiger partial charge in [-0.25, -0.2) is 8.42 Å². The number of hydrogen-bond donors (Lipinski definition) is 2. The van der Waals surface area contributed by atoms with Gasteiger partial charge in [0.25, 0.3) is 15.9 Å². The summed E-state index contributed by atoms with van der Waals surface area (Å²) >= 11 is 0. The molecular formula is C24H22N4O4S. The van der Waals surface area contributed by atoms with E-state index in [1.807, 2.05) is 32.0 Å². The van der Waals surface area contributed by atoms with Crippen LogP contribution in [0.4, 0.5) is 11.4 Å². The molecule has 9 heteroatoms. The van der Waals surface area contributed by atoms with Crippen molar-refractivity contribution in [2.24, 2.45) is 0 Å². The third-order valence-electron chi connectivity index (χ3n) is 5.16. The molecule has 3 aromatic carbocycles. The predicted octanol–water partition coefficient (Wildman–Crippen LogP) is 4.31. The second-order valence-corrected chi connectivity index (χ2v) is 9.10. The van der Waals surface area contributed by atoms with Gasteiger partial charge in [0, 0.05) is 23.6 Å². The van der Waals surface area contributed by atoms with Crippen molar-refractivity contribution in [1.82, 2.24) is 9.97 Å². The van der Waals surface area contributed by atoms with Crippen LogP contribution in [0.1, 0.15) is 21.5 Å². The SMILES string of the molecule is COc1ccc(NC(=O)c2ccc3nccnc3c2)cc1S(=O)(=O)Nc1c(C)cccc1C. The van der Waals surface area contributed by atoms with Crippen molar-refractivity contribution in [2.45, 2.75) is 18.7 Å². The zero-order valence-corrected chi connectivity index (χ0v) is 19.1. The summed E-state index contributed by atoms with van der Waals surface area (Å²) in [5.74, 6) is -0.244. The Balaban J connectivity index is 1.65. The number of amides is 1. The number of fused-ring (bicyclic) bond motifs is 1. The topological polar surface area (TPSA) is 110 Å². The summed E-state index contributed by atoms with van der Waals surface area (Å²) < 4.78 is 34.4. The molecule has 0 fully saturated rings. The van der Waals surface area contributed by atoms with Crippen molar-refractivity contribution in [3.63, 3.8) is 0 Å². The number of aromatic nitrogens is 2. The lowest BCUT2D eigenvalue weighted by Crippen LogP contribution is -2.17. The number of hydrogen-bond acceptors (Lipinski definition) is 6. The van der Waals surface area contributed by atoms with Crippen molar-refractivity contribution in [3.05, 3.63) is 83.7 Å². The molecule has 0 bridgehead atoms. The predicted molar refractivity (Wildman–Crippen MR) is 127 cm³/mol. The van der Waals surface area contributed by atoms with E-state index in [1.165, 1.54) is 19.2 Å². The number of methoxy groups -OCH3 is 1. The zero-order valence-electron chi connectivity index (χ0n) is 18.3.